The van der Waals surface area contributed by atoms with Gasteiger partial charge < -0.3 is 5.32 Å². The Morgan fingerprint density at radius 3 is 2.84 bits per heavy atom. The average Bonchev–Trinajstić information content (AvgIpc) is 2.75. The summed E-state index contributed by atoms with van der Waals surface area (Å²) in [7, 11) is 0. The fourth-order valence-corrected chi connectivity index (χ4v) is 2.77. The monoisotopic (exact) mass is 344 g/mol. The van der Waals surface area contributed by atoms with Crippen molar-refractivity contribution < 1.29 is 9.31 Å². The van der Waals surface area contributed by atoms with Crippen molar-refractivity contribution in [3.05, 3.63) is 54.4 Å². The minimum Gasteiger partial charge on any atom is -0.374 e. The number of benzene rings is 1. The molecular weight excluding hydrogens is 335 g/mol. The van der Waals surface area contributed by atoms with E-state index >= 15 is 0 Å². The highest BCUT2D eigenvalue weighted by Crippen LogP contribution is 2.31. The lowest BCUT2D eigenvalue weighted by molar-refractivity contribution is -0.384. The Morgan fingerprint density at radius 2 is 2.26 bits per heavy atom. The Labute approximate surface area is 121 Å². The number of rotatable bonds is 4. The number of aryl methyl sites for hydroxylation is 1. The predicted molar refractivity (Wildman–Crippen MR) is 77.1 cm³/mol. The Hall–Kier alpha value is -1.47. The van der Waals surface area contributed by atoms with Crippen LogP contribution in [0.5, 0.6) is 0 Å². The molecule has 1 N–H and O–H groups in total. The van der Waals surface area contributed by atoms with Gasteiger partial charge in [0.15, 0.2) is 0 Å². The summed E-state index contributed by atoms with van der Waals surface area (Å²) >= 11 is 4.50. The van der Waals surface area contributed by atoms with Crippen LogP contribution in [-0.4, -0.2) is 4.92 Å². The van der Waals surface area contributed by atoms with Gasteiger partial charge in [-0.1, -0.05) is 0 Å². The molecule has 0 atom stereocenters. The van der Waals surface area contributed by atoms with Gasteiger partial charge >= 0.3 is 0 Å². The first-order valence-electron chi connectivity index (χ1n) is 5.39. The summed E-state index contributed by atoms with van der Waals surface area (Å²) in [6.45, 7) is 2.40. The quantitative estimate of drug-likeness (QED) is 0.657. The van der Waals surface area contributed by atoms with Crippen LogP contribution in [-0.2, 0) is 6.54 Å². The minimum atomic E-state index is -0.534. The standard InChI is InChI=1S/C12H10BrFN2O2S/c1-7-2-3-19-12(7)6-15-10-5-9(14)8(13)4-11(10)16(17)18/h2-5,15H,6H2,1H3. The molecular formula is C12H10BrFN2O2S. The zero-order valence-electron chi connectivity index (χ0n) is 9.94. The molecule has 0 radical (unpaired) electrons. The van der Waals surface area contributed by atoms with Crippen molar-refractivity contribution in [3.8, 4) is 0 Å². The number of nitro groups is 1. The molecule has 0 unspecified atom stereocenters. The zero-order chi connectivity index (χ0) is 14.0. The highest BCUT2D eigenvalue weighted by Gasteiger charge is 2.17. The van der Waals surface area contributed by atoms with E-state index in [0.717, 1.165) is 16.5 Å². The van der Waals surface area contributed by atoms with Crippen LogP contribution in [0.15, 0.2) is 28.1 Å². The summed E-state index contributed by atoms with van der Waals surface area (Å²) in [6, 6.07) is 4.27. The summed E-state index contributed by atoms with van der Waals surface area (Å²) in [5, 5.41) is 15.8. The molecule has 0 aliphatic rings. The summed E-state index contributed by atoms with van der Waals surface area (Å²) in [6.07, 6.45) is 0. The van der Waals surface area contributed by atoms with E-state index in [1.165, 1.54) is 6.07 Å². The van der Waals surface area contributed by atoms with Crippen LogP contribution in [0.25, 0.3) is 0 Å². The predicted octanol–water partition coefficient (Wildman–Crippen LogP) is 4.48. The molecule has 0 saturated carbocycles. The molecule has 7 heteroatoms. The van der Waals surface area contributed by atoms with Gasteiger partial charge in [-0.15, -0.1) is 11.3 Å². The third-order valence-electron chi connectivity index (χ3n) is 2.64. The molecule has 0 amide bonds. The maximum Gasteiger partial charge on any atom is 0.293 e. The normalized spacial score (nSPS) is 10.5. The van der Waals surface area contributed by atoms with E-state index in [1.54, 1.807) is 11.3 Å². The molecule has 1 aromatic heterocycles. The van der Waals surface area contributed by atoms with E-state index < -0.39 is 10.7 Å². The van der Waals surface area contributed by atoms with Gasteiger partial charge in [0.2, 0.25) is 0 Å². The SMILES string of the molecule is Cc1ccsc1CNc1cc(F)c(Br)cc1[N+](=O)[O-]. The van der Waals surface area contributed by atoms with Crippen LogP contribution in [0.3, 0.4) is 0 Å². The van der Waals surface area contributed by atoms with E-state index in [-0.39, 0.29) is 15.8 Å². The van der Waals surface area contributed by atoms with Crippen molar-refractivity contribution in [1.29, 1.82) is 0 Å². The van der Waals surface area contributed by atoms with E-state index in [4.69, 9.17) is 0 Å². The molecule has 100 valence electrons. The second-order valence-corrected chi connectivity index (χ2v) is 5.78. The maximum atomic E-state index is 13.5. The third-order valence-corrected chi connectivity index (χ3v) is 4.27. The molecule has 0 fully saturated rings. The van der Waals surface area contributed by atoms with Gasteiger partial charge in [-0.05, 0) is 39.9 Å². The van der Waals surface area contributed by atoms with Crippen LogP contribution < -0.4 is 5.32 Å². The fourth-order valence-electron chi connectivity index (χ4n) is 1.59. The number of nitrogens with one attached hydrogen (secondary N) is 1. The van der Waals surface area contributed by atoms with Crippen molar-refractivity contribution in [1.82, 2.24) is 0 Å². The van der Waals surface area contributed by atoms with Crippen LogP contribution in [0.4, 0.5) is 15.8 Å². The second kappa shape index (κ2) is 5.66. The average molecular weight is 345 g/mol. The number of nitrogens with zero attached hydrogens (tertiary/aromatic N) is 1. The molecule has 0 bridgehead atoms. The maximum absolute atomic E-state index is 13.5. The van der Waals surface area contributed by atoms with Crippen molar-refractivity contribution in [2.75, 3.05) is 5.32 Å². The summed E-state index contributed by atoms with van der Waals surface area (Å²) < 4.78 is 13.5. The van der Waals surface area contributed by atoms with Gasteiger partial charge in [-0.25, -0.2) is 4.39 Å². The Balaban J connectivity index is 2.26. The molecule has 2 rings (SSSR count). The Bertz CT molecular complexity index is 630. The first kappa shape index (κ1) is 14.0. The first-order valence-corrected chi connectivity index (χ1v) is 7.06. The fraction of sp³-hybridized carbons (Fsp3) is 0.167. The van der Waals surface area contributed by atoms with Crippen LogP contribution in [0.1, 0.15) is 10.4 Å². The molecule has 4 nitrogen and oxygen atoms in total. The summed E-state index contributed by atoms with van der Waals surface area (Å²) in [5.74, 6) is -0.531. The molecule has 1 aromatic carbocycles. The molecule has 2 aromatic rings. The van der Waals surface area contributed by atoms with E-state index in [9.17, 15) is 14.5 Å². The van der Waals surface area contributed by atoms with Crippen LogP contribution in [0, 0.1) is 22.9 Å². The number of thiophene rings is 1. The zero-order valence-corrected chi connectivity index (χ0v) is 12.3. The molecule has 19 heavy (non-hydrogen) atoms. The number of hydrogen-bond donors (Lipinski definition) is 1. The minimum absolute atomic E-state index is 0.0806. The molecule has 0 spiro atoms. The van der Waals surface area contributed by atoms with Crippen molar-refractivity contribution >= 4 is 38.6 Å². The topological polar surface area (TPSA) is 55.2 Å². The molecule has 0 aliphatic heterocycles. The first-order chi connectivity index (χ1) is 8.99. The van der Waals surface area contributed by atoms with E-state index in [0.29, 0.717) is 6.54 Å². The van der Waals surface area contributed by atoms with Crippen molar-refractivity contribution in [2.24, 2.45) is 0 Å². The van der Waals surface area contributed by atoms with Crippen LogP contribution in [0.2, 0.25) is 0 Å². The van der Waals surface area contributed by atoms with E-state index in [2.05, 4.69) is 21.2 Å². The smallest absolute Gasteiger partial charge is 0.293 e. The van der Waals surface area contributed by atoms with Gasteiger partial charge in [-0.2, -0.15) is 0 Å². The lowest BCUT2D eigenvalue weighted by Gasteiger charge is -2.07. The van der Waals surface area contributed by atoms with Gasteiger partial charge in [0.25, 0.3) is 5.69 Å². The highest BCUT2D eigenvalue weighted by atomic mass is 79.9. The van der Waals surface area contributed by atoms with Gasteiger partial charge in [-0.3, -0.25) is 10.1 Å². The number of halogens is 2. The molecule has 1 heterocycles. The third kappa shape index (κ3) is 3.10. The van der Waals surface area contributed by atoms with Gasteiger partial charge in [0, 0.05) is 23.6 Å². The van der Waals surface area contributed by atoms with Crippen molar-refractivity contribution in [2.45, 2.75) is 13.5 Å². The number of anilines is 1. The Kier molecular flexibility index (Phi) is 4.16. The lowest BCUT2D eigenvalue weighted by atomic mass is 10.2. The molecule has 0 saturated heterocycles. The summed E-state index contributed by atoms with van der Waals surface area (Å²) in [4.78, 5) is 11.5. The van der Waals surface area contributed by atoms with Crippen molar-refractivity contribution in [3.63, 3.8) is 0 Å². The van der Waals surface area contributed by atoms with Gasteiger partial charge in [0.1, 0.15) is 11.5 Å². The highest BCUT2D eigenvalue weighted by molar-refractivity contribution is 9.10. The Morgan fingerprint density at radius 1 is 1.53 bits per heavy atom. The second-order valence-electron chi connectivity index (χ2n) is 3.92. The largest absolute Gasteiger partial charge is 0.374 e. The summed E-state index contributed by atoms with van der Waals surface area (Å²) in [5.41, 5.74) is 1.14. The lowest BCUT2D eigenvalue weighted by Crippen LogP contribution is -2.03. The molecule has 0 aliphatic carbocycles. The van der Waals surface area contributed by atoms with Gasteiger partial charge in [0.05, 0.1) is 9.40 Å². The number of hydrogen-bond acceptors (Lipinski definition) is 4. The number of nitro benzene ring substituents is 1. The van der Waals surface area contributed by atoms with E-state index in [1.807, 2.05) is 18.4 Å². The van der Waals surface area contributed by atoms with Crippen LogP contribution >= 0.6 is 27.3 Å².